The van der Waals surface area contributed by atoms with Gasteiger partial charge in [-0.25, -0.2) is 14.6 Å². The minimum Gasteiger partial charge on any atom is -0.479 e. The number of hydrogen-bond acceptors (Lipinski definition) is 5. The maximum absolute atomic E-state index is 11.5. The molecule has 0 fully saturated rings. The summed E-state index contributed by atoms with van der Waals surface area (Å²) in [6.45, 7) is 3.20. The van der Waals surface area contributed by atoms with Gasteiger partial charge >= 0.3 is 12.0 Å². The highest BCUT2D eigenvalue weighted by Crippen LogP contribution is 2.21. The van der Waals surface area contributed by atoms with Crippen LogP contribution in [0.15, 0.2) is 11.6 Å². The van der Waals surface area contributed by atoms with Crippen molar-refractivity contribution >= 4 is 23.3 Å². The maximum Gasteiger partial charge on any atom is 0.334 e. The van der Waals surface area contributed by atoms with Crippen LogP contribution in [0.5, 0.6) is 0 Å². The van der Waals surface area contributed by atoms with Crippen LogP contribution in [0.3, 0.4) is 0 Å². The van der Waals surface area contributed by atoms with Gasteiger partial charge in [0.2, 0.25) is 0 Å². The Bertz CT molecular complexity index is 419. The van der Waals surface area contributed by atoms with Crippen LogP contribution in [0.1, 0.15) is 18.9 Å². The number of aromatic nitrogens is 1. The summed E-state index contributed by atoms with van der Waals surface area (Å²) in [5.74, 6) is -1.38. The van der Waals surface area contributed by atoms with Crippen LogP contribution in [-0.2, 0) is 10.3 Å². The topological polar surface area (TPSA) is 112 Å². The van der Waals surface area contributed by atoms with E-state index in [1.165, 1.54) is 11.3 Å². The third-order valence-electron chi connectivity index (χ3n) is 2.13. The molecule has 0 unspecified atom stereocenters. The fraction of sp³-hybridized carbons (Fsp3) is 0.500. The predicted molar refractivity (Wildman–Crippen MR) is 65.3 cm³/mol. The molecule has 4 N–H and O–H groups in total. The van der Waals surface area contributed by atoms with Crippen molar-refractivity contribution in [2.24, 2.45) is 0 Å². The molecule has 0 aliphatic rings. The van der Waals surface area contributed by atoms with Crippen molar-refractivity contribution in [3.8, 4) is 0 Å². The first kappa shape index (κ1) is 14.4. The van der Waals surface area contributed by atoms with Crippen LogP contribution in [-0.4, -0.2) is 39.8 Å². The largest absolute Gasteiger partial charge is 0.479 e. The van der Waals surface area contributed by atoms with Crippen LogP contribution < -0.4 is 10.6 Å². The summed E-state index contributed by atoms with van der Waals surface area (Å²) in [6.07, 6.45) is 0.0221. The summed E-state index contributed by atoms with van der Waals surface area (Å²) in [5.41, 5.74) is -0.660. The molecule has 18 heavy (non-hydrogen) atoms. The minimum absolute atomic E-state index is 0.352. The predicted octanol–water partition coefficient (Wildman–Crippen LogP) is 0.123. The molecule has 0 saturated heterocycles. The number of carboxylic acid groups (broad SMARTS) is 1. The molecule has 2 amide bonds. The second kappa shape index (κ2) is 5.78. The number of thiazole rings is 1. The van der Waals surface area contributed by atoms with Gasteiger partial charge < -0.3 is 20.8 Å². The van der Waals surface area contributed by atoms with E-state index in [9.17, 15) is 9.59 Å². The summed E-state index contributed by atoms with van der Waals surface area (Å²) in [6, 6.07) is -0.560. The highest BCUT2D eigenvalue weighted by molar-refractivity contribution is 7.09. The Kier molecular flexibility index (Phi) is 4.62. The molecular formula is C10H15N3O4S. The molecule has 100 valence electrons. The SMILES string of the molecule is CC(C)(NC(=O)NC[C@H](O)C(=O)O)c1nccs1. The molecule has 1 aromatic heterocycles. The maximum atomic E-state index is 11.5. The fourth-order valence-electron chi connectivity index (χ4n) is 1.19. The van der Waals surface area contributed by atoms with Gasteiger partial charge in [-0.2, -0.15) is 0 Å². The average molecular weight is 273 g/mol. The quantitative estimate of drug-likeness (QED) is 0.609. The number of aliphatic carboxylic acids is 1. The molecule has 8 heteroatoms. The van der Waals surface area contributed by atoms with Gasteiger partial charge in [-0.05, 0) is 13.8 Å². The van der Waals surface area contributed by atoms with Gasteiger partial charge in [0.25, 0.3) is 0 Å². The van der Waals surface area contributed by atoms with Crippen LogP contribution >= 0.6 is 11.3 Å². The van der Waals surface area contributed by atoms with Gasteiger partial charge in [-0.3, -0.25) is 0 Å². The second-order valence-electron chi connectivity index (χ2n) is 4.15. The van der Waals surface area contributed by atoms with Crippen molar-refractivity contribution in [3.05, 3.63) is 16.6 Å². The molecule has 0 radical (unpaired) electrons. The molecule has 1 heterocycles. The van der Waals surface area contributed by atoms with Crippen LogP contribution in [0.25, 0.3) is 0 Å². The van der Waals surface area contributed by atoms with E-state index in [1.54, 1.807) is 25.4 Å². The normalized spacial score (nSPS) is 12.8. The van der Waals surface area contributed by atoms with Gasteiger partial charge in [0.15, 0.2) is 6.10 Å². The Balaban J connectivity index is 2.47. The molecular weight excluding hydrogens is 258 g/mol. The fourth-order valence-corrected chi connectivity index (χ4v) is 1.91. The smallest absolute Gasteiger partial charge is 0.334 e. The molecule has 0 aliphatic carbocycles. The average Bonchev–Trinajstić information content (AvgIpc) is 2.78. The Morgan fingerprint density at radius 1 is 1.56 bits per heavy atom. The molecule has 0 saturated carbocycles. The third kappa shape index (κ3) is 3.97. The van der Waals surface area contributed by atoms with E-state index in [0.717, 1.165) is 5.01 Å². The lowest BCUT2D eigenvalue weighted by atomic mass is 10.1. The van der Waals surface area contributed by atoms with Gasteiger partial charge in [-0.1, -0.05) is 0 Å². The van der Waals surface area contributed by atoms with Crippen LogP contribution in [0.2, 0.25) is 0 Å². The lowest BCUT2D eigenvalue weighted by molar-refractivity contribution is -0.146. The van der Waals surface area contributed by atoms with Crippen molar-refractivity contribution in [3.63, 3.8) is 0 Å². The van der Waals surface area contributed by atoms with Crippen molar-refractivity contribution in [1.82, 2.24) is 15.6 Å². The van der Waals surface area contributed by atoms with Gasteiger partial charge in [-0.15, -0.1) is 11.3 Å². The lowest BCUT2D eigenvalue weighted by Crippen LogP contribution is -2.48. The number of carboxylic acids is 1. The zero-order valence-corrected chi connectivity index (χ0v) is 10.8. The highest BCUT2D eigenvalue weighted by atomic mass is 32.1. The van der Waals surface area contributed by atoms with Crippen LogP contribution in [0.4, 0.5) is 4.79 Å². The Morgan fingerprint density at radius 3 is 2.72 bits per heavy atom. The lowest BCUT2D eigenvalue weighted by Gasteiger charge is -2.24. The number of aliphatic hydroxyl groups is 1. The van der Waals surface area contributed by atoms with Gasteiger partial charge in [0.05, 0.1) is 12.1 Å². The van der Waals surface area contributed by atoms with Crippen molar-refractivity contribution < 1.29 is 19.8 Å². The zero-order chi connectivity index (χ0) is 13.8. The van der Waals surface area contributed by atoms with E-state index in [4.69, 9.17) is 10.2 Å². The van der Waals surface area contributed by atoms with Gasteiger partial charge in [0, 0.05) is 11.6 Å². The van der Waals surface area contributed by atoms with Crippen molar-refractivity contribution in [2.45, 2.75) is 25.5 Å². The molecule has 0 aromatic carbocycles. The van der Waals surface area contributed by atoms with Crippen molar-refractivity contribution in [1.29, 1.82) is 0 Å². The summed E-state index contributed by atoms with van der Waals surface area (Å²) in [4.78, 5) is 26.0. The molecule has 0 aliphatic heterocycles. The standard InChI is InChI=1S/C10H15N3O4S/c1-10(2,8-11-3-4-18-8)13-9(17)12-5-6(14)7(15)16/h3-4,6,14H,5H2,1-2H3,(H,15,16)(H2,12,13,17)/t6-/m0/s1. The monoisotopic (exact) mass is 273 g/mol. The zero-order valence-electron chi connectivity index (χ0n) is 10.0. The molecule has 1 aromatic rings. The van der Waals surface area contributed by atoms with E-state index < -0.39 is 23.6 Å². The van der Waals surface area contributed by atoms with E-state index in [1.807, 2.05) is 0 Å². The third-order valence-corrected chi connectivity index (χ3v) is 3.23. The molecule has 7 nitrogen and oxygen atoms in total. The number of nitrogens with zero attached hydrogens (tertiary/aromatic N) is 1. The molecule has 1 atom stereocenters. The summed E-state index contributed by atoms with van der Waals surface area (Å²) in [5, 5.41) is 24.9. The Morgan fingerprint density at radius 2 is 2.22 bits per heavy atom. The second-order valence-corrected chi connectivity index (χ2v) is 5.05. The Labute approximate surface area is 108 Å². The number of carbonyl (C=O) groups excluding carboxylic acids is 1. The molecule has 1 rings (SSSR count). The van der Waals surface area contributed by atoms with E-state index in [0.29, 0.717) is 0 Å². The first-order valence-corrected chi connectivity index (χ1v) is 6.08. The van der Waals surface area contributed by atoms with E-state index in [-0.39, 0.29) is 6.54 Å². The highest BCUT2D eigenvalue weighted by Gasteiger charge is 2.25. The van der Waals surface area contributed by atoms with Gasteiger partial charge in [0.1, 0.15) is 5.01 Å². The number of hydrogen-bond donors (Lipinski definition) is 4. The van der Waals surface area contributed by atoms with E-state index in [2.05, 4.69) is 15.6 Å². The first-order valence-electron chi connectivity index (χ1n) is 5.20. The van der Waals surface area contributed by atoms with Crippen LogP contribution in [0, 0.1) is 0 Å². The van der Waals surface area contributed by atoms with Crippen molar-refractivity contribution in [2.75, 3.05) is 6.54 Å². The summed E-state index contributed by atoms with van der Waals surface area (Å²) in [7, 11) is 0. The number of rotatable bonds is 5. The minimum atomic E-state index is -1.61. The first-order chi connectivity index (χ1) is 8.33. The summed E-state index contributed by atoms with van der Waals surface area (Å²) >= 11 is 1.40. The number of aliphatic hydroxyl groups excluding tert-OH is 1. The number of urea groups is 1. The molecule has 0 bridgehead atoms. The number of amides is 2. The molecule has 0 spiro atoms. The Hall–Kier alpha value is -1.67. The number of carbonyl (C=O) groups is 2. The number of nitrogens with one attached hydrogen (secondary N) is 2. The summed E-state index contributed by atoms with van der Waals surface area (Å²) < 4.78 is 0. The van der Waals surface area contributed by atoms with E-state index >= 15 is 0 Å².